The van der Waals surface area contributed by atoms with Crippen molar-refractivity contribution in [2.24, 2.45) is 0 Å². The summed E-state index contributed by atoms with van der Waals surface area (Å²) in [6, 6.07) is 12.9. The number of H-pyrrole nitrogens is 1. The van der Waals surface area contributed by atoms with Crippen molar-refractivity contribution >= 4 is 33.3 Å². The summed E-state index contributed by atoms with van der Waals surface area (Å²) in [4.78, 5) is 23.5. The van der Waals surface area contributed by atoms with Crippen LogP contribution in [0.15, 0.2) is 57.8 Å². The number of tetrazole rings is 1. The highest BCUT2D eigenvalue weighted by Gasteiger charge is 2.34. The Morgan fingerprint density at radius 2 is 1.97 bits per heavy atom. The lowest BCUT2D eigenvalue weighted by molar-refractivity contribution is -0.384. The third-order valence-corrected chi connectivity index (χ3v) is 5.31. The van der Waals surface area contributed by atoms with Crippen molar-refractivity contribution < 1.29 is 4.92 Å². The van der Waals surface area contributed by atoms with E-state index in [1.165, 1.54) is 16.8 Å². The van der Waals surface area contributed by atoms with E-state index in [0.29, 0.717) is 16.8 Å². The maximum absolute atomic E-state index is 12.6. The van der Waals surface area contributed by atoms with Gasteiger partial charge in [-0.25, -0.2) is 5.10 Å². The Hall–Kier alpha value is -3.93. The van der Waals surface area contributed by atoms with E-state index in [0.717, 1.165) is 10.0 Å². The summed E-state index contributed by atoms with van der Waals surface area (Å²) in [7, 11) is 0. The van der Waals surface area contributed by atoms with Crippen molar-refractivity contribution in [3.05, 3.63) is 84.6 Å². The number of non-ortho nitro benzene ring substituents is 1. The van der Waals surface area contributed by atoms with E-state index in [4.69, 9.17) is 0 Å². The van der Waals surface area contributed by atoms with Crippen LogP contribution in [0.25, 0.3) is 11.3 Å². The third kappa shape index (κ3) is 2.85. The van der Waals surface area contributed by atoms with Crippen LogP contribution in [-0.2, 0) is 0 Å². The lowest BCUT2D eigenvalue weighted by atomic mass is 9.92. The first kappa shape index (κ1) is 18.1. The zero-order valence-electron chi connectivity index (χ0n) is 15.0. The number of anilines is 2. The van der Waals surface area contributed by atoms with Gasteiger partial charge < -0.3 is 5.32 Å². The molecule has 12 heteroatoms. The normalized spacial score (nSPS) is 14.5. The van der Waals surface area contributed by atoms with Gasteiger partial charge in [-0.3, -0.25) is 14.9 Å². The molecular formula is C18H11BrN8O3. The number of nitrogens with zero attached hydrogens (tertiary/aromatic N) is 6. The van der Waals surface area contributed by atoms with Gasteiger partial charge in [0.15, 0.2) is 0 Å². The number of nitro groups is 1. The molecule has 0 aliphatic carbocycles. The van der Waals surface area contributed by atoms with Crippen LogP contribution in [0.2, 0.25) is 0 Å². The summed E-state index contributed by atoms with van der Waals surface area (Å²) in [5, 5.41) is 32.7. The number of hydrogen-bond donors (Lipinski definition) is 2. The van der Waals surface area contributed by atoms with Crippen molar-refractivity contribution in [1.29, 1.82) is 0 Å². The minimum Gasteiger partial charge on any atom is -0.318 e. The predicted molar refractivity (Wildman–Crippen MR) is 109 cm³/mol. The van der Waals surface area contributed by atoms with E-state index in [1.54, 1.807) is 12.1 Å². The largest absolute Gasteiger partial charge is 0.318 e. The quantitative estimate of drug-likeness (QED) is 0.305. The molecule has 148 valence electrons. The average molecular weight is 467 g/mol. The molecule has 1 atom stereocenters. The zero-order valence-corrected chi connectivity index (χ0v) is 16.6. The van der Waals surface area contributed by atoms with E-state index in [2.05, 4.69) is 47.0 Å². The van der Waals surface area contributed by atoms with Crippen LogP contribution in [0.3, 0.4) is 0 Å². The van der Waals surface area contributed by atoms with Crippen molar-refractivity contribution in [1.82, 2.24) is 30.4 Å². The van der Waals surface area contributed by atoms with Gasteiger partial charge in [-0.05, 0) is 28.1 Å². The monoisotopic (exact) mass is 466 g/mol. The first-order chi connectivity index (χ1) is 14.5. The first-order valence-corrected chi connectivity index (χ1v) is 9.50. The number of halogens is 1. The van der Waals surface area contributed by atoms with Crippen molar-refractivity contribution in [3.8, 4) is 11.3 Å². The van der Waals surface area contributed by atoms with Crippen molar-refractivity contribution in [2.45, 2.75) is 6.04 Å². The predicted octanol–water partition coefficient (Wildman–Crippen LogP) is 2.79. The summed E-state index contributed by atoms with van der Waals surface area (Å²) in [5.74, 6) is 0.248. The van der Waals surface area contributed by atoms with E-state index in [-0.39, 0.29) is 17.3 Å². The molecule has 0 fully saturated rings. The fourth-order valence-corrected chi connectivity index (χ4v) is 3.75. The topological polar surface area (TPSA) is 145 Å². The second-order valence-electron chi connectivity index (χ2n) is 6.52. The van der Waals surface area contributed by atoms with Gasteiger partial charge in [0.2, 0.25) is 5.95 Å². The van der Waals surface area contributed by atoms with E-state index in [9.17, 15) is 14.9 Å². The minimum absolute atomic E-state index is 0.0785. The number of nitrogens with one attached hydrogen (secondary N) is 2. The maximum Gasteiger partial charge on any atom is 0.288 e. The number of hydrogen-bond acceptors (Lipinski definition) is 8. The molecule has 1 aliphatic heterocycles. The summed E-state index contributed by atoms with van der Waals surface area (Å²) in [6.07, 6.45) is 0. The van der Waals surface area contributed by atoms with E-state index >= 15 is 0 Å². The van der Waals surface area contributed by atoms with Gasteiger partial charge in [0, 0.05) is 27.7 Å². The first-order valence-electron chi connectivity index (χ1n) is 8.70. The molecule has 0 radical (unpaired) electrons. The molecule has 1 aliphatic rings. The number of benzene rings is 2. The summed E-state index contributed by atoms with van der Waals surface area (Å²) < 4.78 is 2.37. The van der Waals surface area contributed by atoms with Gasteiger partial charge in [-0.1, -0.05) is 45.3 Å². The van der Waals surface area contributed by atoms with Crippen LogP contribution >= 0.6 is 15.9 Å². The molecule has 4 aromatic rings. The second-order valence-corrected chi connectivity index (χ2v) is 7.44. The highest BCUT2D eigenvalue weighted by molar-refractivity contribution is 9.10. The lowest BCUT2D eigenvalue weighted by Crippen LogP contribution is -2.29. The standard InChI is InChI=1S/C18H11BrN8O3/c19-11-6-4-9(5-7-11)14-13-15(17(28)22-21-14)20-18-23-24-25-26(18)16(13)10-2-1-3-12(8-10)27(29)30/h1-8,16H,(H,22,28)(H,20,23,25). The highest BCUT2D eigenvalue weighted by Crippen LogP contribution is 2.41. The van der Waals surface area contributed by atoms with Crippen LogP contribution in [-0.4, -0.2) is 35.3 Å². The Bertz CT molecular complexity index is 1350. The van der Waals surface area contributed by atoms with Crippen LogP contribution in [0, 0.1) is 10.1 Å². The third-order valence-electron chi connectivity index (χ3n) is 4.78. The average Bonchev–Trinajstić information content (AvgIpc) is 3.22. The van der Waals surface area contributed by atoms with Crippen LogP contribution in [0.4, 0.5) is 17.3 Å². The van der Waals surface area contributed by atoms with E-state index < -0.39 is 16.5 Å². The molecule has 30 heavy (non-hydrogen) atoms. The van der Waals surface area contributed by atoms with E-state index in [1.807, 2.05) is 24.3 Å². The fourth-order valence-electron chi connectivity index (χ4n) is 3.48. The SMILES string of the molecule is O=c1[nH]nc(-c2ccc(Br)cc2)c2c1Nc1nnnn1C2c1cccc([N+](=O)[O-])c1. The van der Waals surface area contributed by atoms with Crippen LogP contribution in [0.5, 0.6) is 0 Å². The zero-order chi connectivity index (χ0) is 20.8. The molecule has 2 aromatic carbocycles. The molecule has 0 spiro atoms. The second kappa shape index (κ2) is 6.84. The van der Waals surface area contributed by atoms with Crippen LogP contribution in [0.1, 0.15) is 17.2 Å². The molecule has 2 aromatic heterocycles. The van der Waals surface area contributed by atoms with Gasteiger partial charge in [0.25, 0.3) is 11.2 Å². The molecule has 2 N–H and O–H groups in total. The van der Waals surface area contributed by atoms with Gasteiger partial charge in [0.05, 0.1) is 10.6 Å². The molecule has 0 saturated carbocycles. The Labute approximate surface area is 176 Å². The molecule has 3 heterocycles. The lowest BCUT2D eigenvalue weighted by Gasteiger charge is -2.27. The molecule has 0 amide bonds. The van der Waals surface area contributed by atoms with Gasteiger partial charge in [0.1, 0.15) is 11.7 Å². The summed E-state index contributed by atoms with van der Waals surface area (Å²) in [6.45, 7) is 0. The van der Waals surface area contributed by atoms with Crippen molar-refractivity contribution in [2.75, 3.05) is 5.32 Å². The van der Waals surface area contributed by atoms with Crippen LogP contribution < -0.4 is 10.9 Å². The number of aromatic nitrogens is 6. The molecule has 11 nitrogen and oxygen atoms in total. The number of fused-ring (bicyclic) bond motifs is 2. The maximum atomic E-state index is 12.6. The Morgan fingerprint density at radius 1 is 1.17 bits per heavy atom. The Kier molecular flexibility index (Phi) is 4.13. The Morgan fingerprint density at radius 3 is 2.73 bits per heavy atom. The summed E-state index contributed by atoms with van der Waals surface area (Å²) in [5.41, 5.74) is 2.02. The molecule has 5 rings (SSSR count). The minimum atomic E-state index is -0.695. The number of aromatic amines is 1. The van der Waals surface area contributed by atoms with Gasteiger partial charge >= 0.3 is 0 Å². The molecule has 0 bridgehead atoms. The van der Waals surface area contributed by atoms with Crippen molar-refractivity contribution in [3.63, 3.8) is 0 Å². The molecular weight excluding hydrogens is 456 g/mol. The fraction of sp³-hybridized carbons (Fsp3) is 0.0556. The molecule has 1 unspecified atom stereocenters. The van der Waals surface area contributed by atoms with Gasteiger partial charge in [-0.2, -0.15) is 9.78 Å². The Balaban J connectivity index is 1.81. The smallest absolute Gasteiger partial charge is 0.288 e. The number of rotatable bonds is 3. The summed E-state index contributed by atoms with van der Waals surface area (Å²) >= 11 is 3.41. The van der Waals surface area contributed by atoms with Gasteiger partial charge in [-0.15, -0.1) is 0 Å². The number of nitro benzene ring substituents is 1. The highest BCUT2D eigenvalue weighted by atomic mass is 79.9. The molecule has 0 saturated heterocycles.